The zero-order chi connectivity index (χ0) is 20.4. The molecular weight excluding hydrogens is 352 g/mol. The van der Waals surface area contributed by atoms with Gasteiger partial charge in [-0.25, -0.2) is 4.79 Å². The van der Waals surface area contributed by atoms with Gasteiger partial charge in [0.1, 0.15) is 12.2 Å². The van der Waals surface area contributed by atoms with E-state index >= 15 is 0 Å². The normalized spacial score (nSPS) is 11.1. The molecular formula is C19H20N2O6. The van der Waals surface area contributed by atoms with Crippen molar-refractivity contribution >= 4 is 17.3 Å². The van der Waals surface area contributed by atoms with Crippen LogP contribution in [-0.4, -0.2) is 15.8 Å². The van der Waals surface area contributed by atoms with E-state index in [4.69, 9.17) is 4.74 Å². The largest absolute Gasteiger partial charge is 0.457 e. The van der Waals surface area contributed by atoms with Gasteiger partial charge in [0.15, 0.2) is 0 Å². The topological polar surface area (TPSA) is 113 Å². The molecule has 0 unspecified atom stereocenters. The number of carbonyl (C=O) groups is 1. The maximum absolute atomic E-state index is 12.2. The second kappa shape index (κ2) is 7.53. The number of nitro groups is 2. The van der Waals surface area contributed by atoms with Crippen molar-refractivity contribution in [2.45, 2.75) is 39.7 Å². The Hall–Kier alpha value is -3.29. The first-order valence-corrected chi connectivity index (χ1v) is 8.20. The molecule has 0 fully saturated rings. The van der Waals surface area contributed by atoms with Crippen molar-refractivity contribution in [3.63, 3.8) is 0 Å². The van der Waals surface area contributed by atoms with E-state index in [1.54, 1.807) is 0 Å². The van der Waals surface area contributed by atoms with E-state index in [-0.39, 0.29) is 23.1 Å². The molecule has 0 aliphatic heterocycles. The second-order valence-electron chi connectivity index (χ2n) is 7.18. The molecule has 0 N–H and O–H groups in total. The van der Waals surface area contributed by atoms with Crippen LogP contribution in [0.15, 0.2) is 36.4 Å². The van der Waals surface area contributed by atoms with E-state index in [1.807, 2.05) is 24.3 Å². The van der Waals surface area contributed by atoms with E-state index in [1.165, 1.54) is 6.92 Å². The Morgan fingerprint density at radius 1 is 1.00 bits per heavy atom. The van der Waals surface area contributed by atoms with Gasteiger partial charge >= 0.3 is 5.97 Å². The summed E-state index contributed by atoms with van der Waals surface area (Å²) in [7, 11) is 0. The third-order valence-corrected chi connectivity index (χ3v) is 4.17. The third kappa shape index (κ3) is 4.66. The fourth-order valence-corrected chi connectivity index (χ4v) is 2.51. The Morgan fingerprint density at radius 2 is 1.48 bits per heavy atom. The summed E-state index contributed by atoms with van der Waals surface area (Å²) >= 11 is 0. The predicted molar refractivity (Wildman–Crippen MR) is 98.7 cm³/mol. The number of nitrogens with zero attached hydrogens (tertiary/aromatic N) is 2. The fraction of sp³-hybridized carbons (Fsp3) is 0.316. The Balaban J connectivity index is 2.21. The Labute approximate surface area is 156 Å². The van der Waals surface area contributed by atoms with Crippen LogP contribution in [0.4, 0.5) is 11.4 Å². The zero-order valence-corrected chi connectivity index (χ0v) is 15.5. The van der Waals surface area contributed by atoms with Crippen molar-refractivity contribution in [3.8, 4) is 0 Å². The number of hydrogen-bond donors (Lipinski definition) is 0. The van der Waals surface area contributed by atoms with Crippen molar-refractivity contribution in [2.24, 2.45) is 0 Å². The summed E-state index contributed by atoms with van der Waals surface area (Å²) in [5.41, 5.74) is 0.533. The molecule has 27 heavy (non-hydrogen) atoms. The molecule has 0 saturated heterocycles. The summed E-state index contributed by atoms with van der Waals surface area (Å²) in [4.78, 5) is 32.9. The highest BCUT2D eigenvalue weighted by atomic mass is 16.6. The van der Waals surface area contributed by atoms with Crippen molar-refractivity contribution in [1.29, 1.82) is 0 Å². The standard InChI is InChI=1S/C19H20N2O6/c1-12-16(20(23)24)9-14(10-17(12)21(25)26)18(22)27-11-13-5-7-15(8-6-13)19(2,3)4/h5-10H,11H2,1-4H3. The lowest BCUT2D eigenvalue weighted by molar-refractivity contribution is -0.395. The van der Waals surface area contributed by atoms with Gasteiger partial charge in [-0.05, 0) is 23.5 Å². The molecule has 8 heteroatoms. The molecule has 2 rings (SSSR count). The minimum Gasteiger partial charge on any atom is -0.457 e. The first-order chi connectivity index (χ1) is 12.5. The van der Waals surface area contributed by atoms with Gasteiger partial charge in [-0.2, -0.15) is 0 Å². The Morgan fingerprint density at radius 3 is 1.89 bits per heavy atom. The summed E-state index contributed by atoms with van der Waals surface area (Å²) in [5, 5.41) is 22.2. The van der Waals surface area contributed by atoms with Crippen molar-refractivity contribution in [2.75, 3.05) is 0 Å². The molecule has 0 saturated carbocycles. The van der Waals surface area contributed by atoms with Crippen LogP contribution in [-0.2, 0) is 16.8 Å². The predicted octanol–water partition coefficient (Wildman–Crippen LogP) is 4.47. The Bertz CT molecular complexity index is 862. The molecule has 0 radical (unpaired) electrons. The monoisotopic (exact) mass is 372 g/mol. The lowest BCUT2D eigenvalue weighted by atomic mass is 9.87. The highest BCUT2D eigenvalue weighted by molar-refractivity contribution is 5.91. The van der Waals surface area contributed by atoms with Gasteiger partial charge in [-0.3, -0.25) is 20.2 Å². The molecule has 0 aliphatic rings. The number of carbonyl (C=O) groups excluding carboxylic acids is 1. The molecule has 8 nitrogen and oxygen atoms in total. The number of rotatable bonds is 5. The van der Waals surface area contributed by atoms with Crippen LogP contribution >= 0.6 is 0 Å². The lowest BCUT2D eigenvalue weighted by Gasteiger charge is -2.19. The van der Waals surface area contributed by atoms with Crippen LogP contribution in [0.2, 0.25) is 0 Å². The molecule has 2 aromatic carbocycles. The molecule has 142 valence electrons. The van der Waals surface area contributed by atoms with Crippen LogP contribution in [0, 0.1) is 27.2 Å². The van der Waals surface area contributed by atoms with Crippen LogP contribution < -0.4 is 0 Å². The Kier molecular flexibility index (Phi) is 5.58. The molecule has 2 aromatic rings. The molecule has 0 bridgehead atoms. The zero-order valence-electron chi connectivity index (χ0n) is 15.5. The summed E-state index contributed by atoms with van der Waals surface area (Å²) in [6.07, 6.45) is 0. The van der Waals surface area contributed by atoms with Crippen LogP contribution in [0.5, 0.6) is 0 Å². The van der Waals surface area contributed by atoms with E-state index < -0.39 is 27.2 Å². The van der Waals surface area contributed by atoms with Crippen LogP contribution in [0.25, 0.3) is 0 Å². The van der Waals surface area contributed by atoms with Gasteiger partial charge in [-0.1, -0.05) is 45.0 Å². The maximum atomic E-state index is 12.2. The van der Waals surface area contributed by atoms with Gasteiger partial charge in [-0.15, -0.1) is 0 Å². The summed E-state index contributed by atoms with van der Waals surface area (Å²) in [5.74, 6) is -0.860. The van der Waals surface area contributed by atoms with Crippen LogP contribution in [0.3, 0.4) is 0 Å². The van der Waals surface area contributed by atoms with E-state index in [9.17, 15) is 25.0 Å². The second-order valence-corrected chi connectivity index (χ2v) is 7.18. The molecule has 0 aromatic heterocycles. The minimum absolute atomic E-state index is 0.00498. The molecule has 0 spiro atoms. The summed E-state index contributed by atoms with van der Waals surface area (Å²) in [6, 6.07) is 9.51. The van der Waals surface area contributed by atoms with Crippen molar-refractivity contribution in [1.82, 2.24) is 0 Å². The maximum Gasteiger partial charge on any atom is 0.338 e. The first kappa shape index (κ1) is 20.0. The molecule has 0 heterocycles. The fourth-order valence-electron chi connectivity index (χ4n) is 2.51. The lowest BCUT2D eigenvalue weighted by Crippen LogP contribution is -2.11. The van der Waals surface area contributed by atoms with Gasteiger partial charge in [0.05, 0.1) is 15.4 Å². The first-order valence-electron chi connectivity index (χ1n) is 8.20. The van der Waals surface area contributed by atoms with Gasteiger partial charge in [0, 0.05) is 12.1 Å². The molecule has 0 atom stereocenters. The average Bonchev–Trinajstić information content (AvgIpc) is 2.58. The quantitative estimate of drug-likeness (QED) is 0.435. The SMILES string of the molecule is Cc1c([N+](=O)[O-])cc(C(=O)OCc2ccc(C(C)(C)C)cc2)cc1[N+](=O)[O-]. The molecule has 0 amide bonds. The van der Waals surface area contributed by atoms with Crippen molar-refractivity contribution in [3.05, 3.63) is 78.9 Å². The van der Waals surface area contributed by atoms with Crippen molar-refractivity contribution < 1.29 is 19.4 Å². The average molecular weight is 372 g/mol. The summed E-state index contributed by atoms with van der Waals surface area (Å²) in [6.45, 7) is 7.47. The highest BCUT2D eigenvalue weighted by Gasteiger charge is 2.26. The van der Waals surface area contributed by atoms with E-state index in [2.05, 4.69) is 20.8 Å². The van der Waals surface area contributed by atoms with Gasteiger partial charge in [0.2, 0.25) is 0 Å². The van der Waals surface area contributed by atoms with Gasteiger partial charge < -0.3 is 4.74 Å². The highest BCUT2D eigenvalue weighted by Crippen LogP contribution is 2.30. The number of hydrogen-bond acceptors (Lipinski definition) is 6. The molecule has 0 aliphatic carbocycles. The number of esters is 1. The summed E-state index contributed by atoms with van der Waals surface area (Å²) < 4.78 is 5.16. The number of ether oxygens (including phenoxy) is 1. The number of benzene rings is 2. The van der Waals surface area contributed by atoms with Gasteiger partial charge in [0.25, 0.3) is 11.4 Å². The van der Waals surface area contributed by atoms with E-state index in [0.717, 1.165) is 23.3 Å². The smallest absolute Gasteiger partial charge is 0.338 e. The van der Waals surface area contributed by atoms with E-state index in [0.29, 0.717) is 0 Å². The number of nitro benzene ring substituents is 2. The third-order valence-electron chi connectivity index (χ3n) is 4.17. The van der Waals surface area contributed by atoms with Crippen LogP contribution in [0.1, 0.15) is 47.8 Å². The minimum atomic E-state index is -0.860.